The van der Waals surface area contributed by atoms with Crippen LogP contribution in [0.5, 0.6) is 0 Å². The maximum atomic E-state index is 13.0. The maximum Gasteiger partial charge on any atom is 0.191 e. The molecule has 29 heavy (non-hydrogen) atoms. The van der Waals surface area contributed by atoms with Crippen molar-refractivity contribution in [2.75, 3.05) is 51.2 Å². The molecule has 0 amide bonds. The number of halogens is 1. The highest BCUT2D eigenvalue weighted by molar-refractivity contribution is 5.79. The van der Waals surface area contributed by atoms with E-state index < -0.39 is 0 Å². The van der Waals surface area contributed by atoms with Gasteiger partial charge in [-0.3, -0.25) is 4.99 Å². The van der Waals surface area contributed by atoms with Gasteiger partial charge in [0.15, 0.2) is 5.96 Å². The Morgan fingerprint density at radius 1 is 1.07 bits per heavy atom. The summed E-state index contributed by atoms with van der Waals surface area (Å²) in [4.78, 5) is 13.7. The average Bonchev–Trinajstić information content (AvgIpc) is 2.77. The zero-order valence-corrected chi connectivity index (χ0v) is 17.4. The monoisotopic (exact) mass is 398 g/mol. The predicted octanol–water partition coefficient (Wildman–Crippen LogP) is 2.27. The first-order chi connectivity index (χ1) is 14.2. The lowest BCUT2D eigenvalue weighted by Crippen LogP contribution is -2.46. The van der Waals surface area contributed by atoms with Gasteiger partial charge in [-0.2, -0.15) is 0 Å². The number of rotatable bonds is 7. The summed E-state index contributed by atoms with van der Waals surface area (Å²) >= 11 is 0. The molecule has 6 nitrogen and oxygen atoms in total. The molecule has 1 aromatic heterocycles. The minimum atomic E-state index is -0.205. The maximum absolute atomic E-state index is 13.0. The number of hydrogen-bond donors (Lipinski definition) is 2. The van der Waals surface area contributed by atoms with Crippen LogP contribution in [0.4, 0.5) is 10.2 Å². The molecular formula is C22H31FN6. The van der Waals surface area contributed by atoms with E-state index in [4.69, 9.17) is 0 Å². The minimum Gasteiger partial charge on any atom is -0.356 e. The highest BCUT2D eigenvalue weighted by Crippen LogP contribution is 2.15. The number of nitrogens with zero attached hydrogens (tertiary/aromatic N) is 4. The van der Waals surface area contributed by atoms with Crippen LogP contribution in [0, 0.1) is 5.82 Å². The number of nitrogens with one attached hydrogen (secondary N) is 2. The number of likely N-dealkylation sites (N-methyl/N-ethyl adjacent to an activating group) is 1. The van der Waals surface area contributed by atoms with Gasteiger partial charge in [-0.05, 0) is 48.4 Å². The molecule has 0 spiro atoms. The molecule has 1 fully saturated rings. The Hall–Kier alpha value is -2.67. The highest BCUT2D eigenvalue weighted by Gasteiger charge is 2.16. The van der Waals surface area contributed by atoms with Gasteiger partial charge in [0, 0.05) is 52.5 Å². The van der Waals surface area contributed by atoms with E-state index in [-0.39, 0.29) is 5.82 Å². The number of hydrogen-bond acceptors (Lipinski definition) is 4. The first-order valence-electron chi connectivity index (χ1n) is 10.3. The van der Waals surface area contributed by atoms with Crippen molar-refractivity contribution in [3.63, 3.8) is 0 Å². The van der Waals surface area contributed by atoms with Crippen molar-refractivity contribution in [1.82, 2.24) is 20.5 Å². The van der Waals surface area contributed by atoms with Crippen molar-refractivity contribution in [2.45, 2.75) is 19.9 Å². The topological polar surface area (TPSA) is 55.8 Å². The largest absolute Gasteiger partial charge is 0.356 e. The Morgan fingerprint density at radius 2 is 1.83 bits per heavy atom. The summed E-state index contributed by atoms with van der Waals surface area (Å²) in [7, 11) is 1.76. The third kappa shape index (κ3) is 6.42. The van der Waals surface area contributed by atoms with Gasteiger partial charge < -0.3 is 20.4 Å². The first kappa shape index (κ1) is 21.0. The number of aliphatic imine (C=N–C) groups is 1. The van der Waals surface area contributed by atoms with Gasteiger partial charge in [-0.25, -0.2) is 9.37 Å². The fourth-order valence-electron chi connectivity index (χ4n) is 3.42. The summed E-state index contributed by atoms with van der Waals surface area (Å²) in [6, 6.07) is 10.8. The van der Waals surface area contributed by atoms with Gasteiger partial charge in [0.1, 0.15) is 11.6 Å². The van der Waals surface area contributed by atoms with Crippen molar-refractivity contribution >= 4 is 11.8 Å². The number of anilines is 1. The van der Waals surface area contributed by atoms with Gasteiger partial charge in [-0.15, -0.1) is 0 Å². The van der Waals surface area contributed by atoms with Crippen LogP contribution in [0.3, 0.4) is 0 Å². The molecule has 0 aliphatic carbocycles. The van der Waals surface area contributed by atoms with E-state index in [1.807, 2.05) is 24.4 Å². The molecule has 2 heterocycles. The van der Waals surface area contributed by atoms with E-state index in [9.17, 15) is 4.39 Å². The van der Waals surface area contributed by atoms with Crippen molar-refractivity contribution in [1.29, 1.82) is 0 Å². The summed E-state index contributed by atoms with van der Waals surface area (Å²) in [6.45, 7) is 8.94. The highest BCUT2D eigenvalue weighted by atomic mass is 19.1. The molecule has 0 atom stereocenters. The molecule has 2 aromatic rings. The van der Waals surface area contributed by atoms with Crippen LogP contribution in [0.15, 0.2) is 47.6 Å². The molecular weight excluding hydrogens is 367 g/mol. The molecule has 0 radical (unpaired) electrons. The second kappa shape index (κ2) is 10.8. The molecule has 1 aromatic carbocycles. The number of benzene rings is 1. The molecule has 2 N–H and O–H groups in total. The average molecular weight is 399 g/mol. The second-order valence-corrected chi connectivity index (χ2v) is 7.17. The lowest BCUT2D eigenvalue weighted by molar-refractivity contribution is 0.270. The summed E-state index contributed by atoms with van der Waals surface area (Å²) < 4.78 is 13.0. The Balaban J connectivity index is 1.46. The van der Waals surface area contributed by atoms with E-state index in [2.05, 4.69) is 43.4 Å². The number of piperazine rings is 1. The lowest BCUT2D eigenvalue weighted by Gasteiger charge is -2.34. The van der Waals surface area contributed by atoms with Gasteiger partial charge in [0.25, 0.3) is 0 Å². The summed E-state index contributed by atoms with van der Waals surface area (Å²) in [5.41, 5.74) is 2.27. The molecule has 7 heteroatoms. The summed E-state index contributed by atoms with van der Waals surface area (Å²) in [5.74, 6) is 1.59. The zero-order chi connectivity index (χ0) is 20.5. The molecule has 3 rings (SSSR count). The van der Waals surface area contributed by atoms with Crippen molar-refractivity contribution in [2.24, 2.45) is 4.99 Å². The normalized spacial score (nSPS) is 15.4. The molecule has 0 unspecified atom stereocenters. The minimum absolute atomic E-state index is 0.205. The van der Waals surface area contributed by atoms with Crippen LogP contribution < -0.4 is 15.5 Å². The first-order valence-corrected chi connectivity index (χ1v) is 10.3. The molecule has 0 saturated carbocycles. The van der Waals surface area contributed by atoms with Gasteiger partial charge in [0.2, 0.25) is 0 Å². The quantitative estimate of drug-likeness (QED) is 0.554. The number of pyridine rings is 1. The Bertz CT molecular complexity index is 784. The lowest BCUT2D eigenvalue weighted by atomic mass is 10.1. The van der Waals surface area contributed by atoms with E-state index in [0.29, 0.717) is 6.54 Å². The van der Waals surface area contributed by atoms with E-state index in [1.165, 1.54) is 17.7 Å². The van der Waals surface area contributed by atoms with Crippen LogP contribution in [-0.4, -0.2) is 62.2 Å². The fraction of sp³-hybridized carbons (Fsp3) is 0.455. The molecule has 156 valence electrons. The van der Waals surface area contributed by atoms with Crippen LogP contribution in [0.25, 0.3) is 0 Å². The Labute approximate surface area is 172 Å². The molecule has 1 aliphatic heterocycles. The van der Waals surface area contributed by atoms with Crippen LogP contribution in [-0.2, 0) is 13.0 Å². The van der Waals surface area contributed by atoms with Gasteiger partial charge in [-0.1, -0.05) is 19.1 Å². The molecule has 0 bridgehead atoms. The number of guanidine groups is 1. The van der Waals surface area contributed by atoms with Crippen LogP contribution >= 0.6 is 0 Å². The number of aromatic nitrogens is 1. The van der Waals surface area contributed by atoms with Crippen molar-refractivity contribution < 1.29 is 4.39 Å². The summed E-state index contributed by atoms with van der Waals surface area (Å²) in [6.07, 6.45) is 2.69. The van der Waals surface area contributed by atoms with Crippen molar-refractivity contribution in [3.8, 4) is 0 Å². The predicted molar refractivity (Wildman–Crippen MR) is 117 cm³/mol. The summed E-state index contributed by atoms with van der Waals surface area (Å²) in [5, 5.41) is 6.66. The van der Waals surface area contributed by atoms with Crippen molar-refractivity contribution in [3.05, 3.63) is 59.5 Å². The Kier molecular flexibility index (Phi) is 7.81. The molecule has 1 aliphatic rings. The van der Waals surface area contributed by atoms with E-state index in [1.54, 1.807) is 7.05 Å². The van der Waals surface area contributed by atoms with Gasteiger partial charge >= 0.3 is 0 Å². The Morgan fingerprint density at radius 3 is 2.52 bits per heavy atom. The third-order valence-electron chi connectivity index (χ3n) is 5.26. The van der Waals surface area contributed by atoms with E-state index >= 15 is 0 Å². The smallest absolute Gasteiger partial charge is 0.191 e. The SMILES string of the molecule is CCN1CCN(c2cc(CNC(=NC)NCCc3ccc(F)cc3)ccn2)CC1. The van der Waals surface area contributed by atoms with E-state index in [0.717, 1.165) is 63.0 Å². The third-order valence-corrected chi connectivity index (χ3v) is 5.26. The van der Waals surface area contributed by atoms with Crippen LogP contribution in [0.1, 0.15) is 18.1 Å². The standard InChI is InChI=1S/C22H31FN6/c1-3-28-12-14-29(15-13-28)21-16-19(9-10-25-21)17-27-22(24-2)26-11-8-18-4-6-20(23)7-5-18/h4-7,9-10,16H,3,8,11-15,17H2,1-2H3,(H2,24,26,27). The zero-order valence-electron chi connectivity index (χ0n) is 17.4. The second-order valence-electron chi connectivity index (χ2n) is 7.17. The van der Waals surface area contributed by atoms with Crippen LogP contribution in [0.2, 0.25) is 0 Å². The molecule has 1 saturated heterocycles. The fourth-order valence-corrected chi connectivity index (χ4v) is 3.42. The van der Waals surface area contributed by atoms with Gasteiger partial charge in [0.05, 0.1) is 0 Å².